The van der Waals surface area contributed by atoms with E-state index in [4.69, 9.17) is 0 Å². The zero-order chi connectivity index (χ0) is 38.2. The Morgan fingerprint density at radius 3 is 2.15 bits per heavy atom. The summed E-state index contributed by atoms with van der Waals surface area (Å²) in [6.07, 6.45) is 16.6. The molecular weight excluding hydrogens is 685 g/mol. The van der Waals surface area contributed by atoms with Gasteiger partial charge >= 0.3 is 11.9 Å². The molecule has 9 atom stereocenters. The standard InChI is InChI=1S/C44H70N2O6S/c1-28(2)30-10-15-44(45-18-19-46-20-22-53(51,52)23-21-46)17-16-40(6)32(35(30)44)8-9-34-39(5)13-11-31(38(3,4)33(39)12-14-41(34,40)7)29-24-42(25-29)26-43(27-42,36(47)48)37(49)50/h11,28-30,32-35,45H,8-10,12-27H2,1-7H3,(H,47,48)(H,49,50)/t30-,32+,33-,34+,35+,39-,40+,41+,44-/m0/s1. The van der Waals surface area contributed by atoms with E-state index in [0.29, 0.717) is 65.0 Å². The minimum Gasteiger partial charge on any atom is -0.480 e. The molecule has 0 aromatic heterocycles. The maximum atomic E-state index is 12.1. The minimum atomic E-state index is -2.86. The van der Waals surface area contributed by atoms with Crippen molar-refractivity contribution in [3.05, 3.63) is 11.6 Å². The van der Waals surface area contributed by atoms with Gasteiger partial charge in [-0.2, -0.15) is 0 Å². The predicted molar refractivity (Wildman–Crippen MR) is 208 cm³/mol. The van der Waals surface area contributed by atoms with Crippen molar-refractivity contribution in [1.29, 1.82) is 0 Å². The maximum absolute atomic E-state index is 12.1. The highest BCUT2D eigenvalue weighted by atomic mass is 32.2. The van der Waals surface area contributed by atoms with E-state index in [9.17, 15) is 28.2 Å². The van der Waals surface area contributed by atoms with Crippen molar-refractivity contribution in [2.75, 3.05) is 37.7 Å². The molecule has 8 aliphatic rings. The molecule has 0 bridgehead atoms. The highest BCUT2D eigenvalue weighted by molar-refractivity contribution is 7.91. The second kappa shape index (κ2) is 12.3. The van der Waals surface area contributed by atoms with Gasteiger partial charge in [-0.15, -0.1) is 0 Å². The molecular formula is C44H70N2O6S. The van der Waals surface area contributed by atoms with E-state index in [-0.39, 0.29) is 34.6 Å². The Bertz CT molecular complexity index is 1630. The number of carboxylic acid groups (broad SMARTS) is 2. The number of rotatable bonds is 8. The van der Waals surface area contributed by atoms with Crippen molar-refractivity contribution in [2.45, 2.75) is 137 Å². The Labute approximate surface area is 320 Å². The molecule has 1 heterocycles. The van der Waals surface area contributed by atoms with Crippen molar-refractivity contribution in [3.8, 4) is 0 Å². The van der Waals surface area contributed by atoms with E-state index in [1.165, 1.54) is 51.4 Å². The Balaban J connectivity index is 1.00. The first-order valence-corrected chi connectivity index (χ1v) is 23.4. The summed E-state index contributed by atoms with van der Waals surface area (Å²) in [5, 5.41) is 23.7. The molecule has 8 nitrogen and oxygen atoms in total. The van der Waals surface area contributed by atoms with Crippen LogP contribution in [0.15, 0.2) is 11.6 Å². The summed E-state index contributed by atoms with van der Waals surface area (Å²) in [7, 11) is -2.86. The number of sulfone groups is 1. The topological polar surface area (TPSA) is 124 Å². The van der Waals surface area contributed by atoms with Gasteiger partial charge in [0.2, 0.25) is 0 Å². The zero-order valence-corrected chi connectivity index (χ0v) is 34.8. The van der Waals surface area contributed by atoms with Gasteiger partial charge in [0.05, 0.1) is 11.5 Å². The van der Waals surface area contributed by atoms with Crippen LogP contribution in [0.3, 0.4) is 0 Å². The van der Waals surface area contributed by atoms with Gasteiger partial charge in [-0.3, -0.25) is 9.59 Å². The Kier molecular flexibility index (Phi) is 8.90. The van der Waals surface area contributed by atoms with Crippen LogP contribution in [-0.4, -0.2) is 78.7 Å². The largest absolute Gasteiger partial charge is 0.480 e. The summed E-state index contributed by atoms with van der Waals surface area (Å²) in [6, 6.07) is 0. The summed E-state index contributed by atoms with van der Waals surface area (Å²) in [5.41, 5.74) is 1.03. The monoisotopic (exact) mass is 754 g/mol. The second-order valence-electron chi connectivity index (χ2n) is 22.0. The average Bonchev–Trinajstić information content (AvgIpc) is 3.41. The first-order valence-electron chi connectivity index (χ1n) is 21.5. The van der Waals surface area contributed by atoms with Crippen LogP contribution in [0.5, 0.6) is 0 Å². The molecule has 0 radical (unpaired) electrons. The lowest BCUT2D eigenvalue weighted by Gasteiger charge is -2.73. The molecule has 0 amide bonds. The van der Waals surface area contributed by atoms with E-state index in [1.807, 2.05) is 0 Å². The molecule has 3 N–H and O–H groups in total. The van der Waals surface area contributed by atoms with E-state index in [1.54, 1.807) is 5.57 Å². The van der Waals surface area contributed by atoms with Crippen LogP contribution in [0.25, 0.3) is 0 Å². The van der Waals surface area contributed by atoms with Gasteiger partial charge in [-0.05, 0) is 152 Å². The second-order valence-corrected chi connectivity index (χ2v) is 24.3. The smallest absolute Gasteiger partial charge is 0.321 e. The van der Waals surface area contributed by atoms with Gasteiger partial charge < -0.3 is 20.4 Å². The van der Waals surface area contributed by atoms with Gasteiger partial charge in [-0.1, -0.05) is 60.1 Å². The van der Waals surface area contributed by atoms with Gasteiger partial charge in [0, 0.05) is 31.7 Å². The third-order valence-electron chi connectivity index (χ3n) is 19.3. The number of carboxylic acids is 2. The Morgan fingerprint density at radius 2 is 1.53 bits per heavy atom. The molecule has 1 saturated heterocycles. The van der Waals surface area contributed by atoms with Crippen LogP contribution < -0.4 is 5.32 Å². The fourth-order valence-corrected chi connectivity index (χ4v) is 17.9. The molecule has 53 heavy (non-hydrogen) atoms. The molecule has 298 valence electrons. The number of allylic oxidation sites excluding steroid dienone is 2. The predicted octanol–water partition coefficient (Wildman–Crippen LogP) is 7.68. The maximum Gasteiger partial charge on any atom is 0.321 e. The summed E-state index contributed by atoms with van der Waals surface area (Å²) >= 11 is 0. The number of fused-ring (bicyclic) bond motifs is 7. The fourth-order valence-electron chi connectivity index (χ4n) is 16.6. The molecule has 8 rings (SSSR count). The van der Waals surface area contributed by atoms with Crippen molar-refractivity contribution in [3.63, 3.8) is 0 Å². The van der Waals surface area contributed by atoms with E-state index >= 15 is 0 Å². The van der Waals surface area contributed by atoms with Crippen molar-refractivity contribution in [2.24, 2.45) is 73.9 Å². The quantitative estimate of drug-likeness (QED) is 0.170. The average molecular weight is 755 g/mol. The Morgan fingerprint density at radius 1 is 0.868 bits per heavy atom. The lowest BCUT2D eigenvalue weighted by Crippen LogP contribution is -2.68. The molecule has 1 aliphatic heterocycles. The summed E-state index contributed by atoms with van der Waals surface area (Å²) in [5.74, 6) is 2.87. The number of nitrogens with one attached hydrogen (secondary N) is 1. The molecule has 1 spiro atoms. The molecule has 9 heteroatoms. The molecule has 0 aromatic rings. The van der Waals surface area contributed by atoms with Crippen LogP contribution in [-0.2, 0) is 19.4 Å². The summed E-state index contributed by atoms with van der Waals surface area (Å²) in [4.78, 5) is 26.2. The van der Waals surface area contributed by atoms with Crippen molar-refractivity contribution >= 4 is 21.8 Å². The fraction of sp³-hybridized carbons (Fsp3) is 0.909. The van der Waals surface area contributed by atoms with E-state index in [2.05, 4.69) is 64.8 Å². The SMILES string of the molecule is CC(C)[C@@H]1CC[C@]2(NCCN3CCS(=O)(=O)CC3)CC[C@]3(C)[C@H](CC[C@@H]4[C@@]5(C)CC=C(C6CC7(C6)CC(C(=O)O)(C(=O)O)C7)C(C)(C)[C@@H]5CC[C@]43C)[C@@H]12. The summed E-state index contributed by atoms with van der Waals surface area (Å²) in [6.45, 7) is 21.3. The van der Waals surface area contributed by atoms with Crippen LogP contribution >= 0.6 is 0 Å². The van der Waals surface area contributed by atoms with Gasteiger partial charge in [0.25, 0.3) is 0 Å². The third kappa shape index (κ3) is 5.40. The Hall–Kier alpha value is -1.45. The first kappa shape index (κ1) is 38.4. The minimum absolute atomic E-state index is 0.0805. The van der Waals surface area contributed by atoms with Crippen LogP contribution in [0.4, 0.5) is 0 Å². The third-order valence-corrected chi connectivity index (χ3v) is 20.9. The lowest BCUT2D eigenvalue weighted by molar-refractivity contribution is -0.225. The molecule has 7 fully saturated rings. The summed E-state index contributed by atoms with van der Waals surface area (Å²) < 4.78 is 24.1. The van der Waals surface area contributed by atoms with E-state index < -0.39 is 27.2 Å². The molecule has 6 saturated carbocycles. The van der Waals surface area contributed by atoms with Crippen molar-refractivity contribution < 1.29 is 28.2 Å². The van der Waals surface area contributed by atoms with Gasteiger partial charge in [-0.25, -0.2) is 8.42 Å². The van der Waals surface area contributed by atoms with Gasteiger partial charge in [0.1, 0.15) is 0 Å². The number of nitrogens with zero attached hydrogens (tertiary/aromatic N) is 1. The van der Waals surface area contributed by atoms with E-state index in [0.717, 1.165) is 44.2 Å². The zero-order valence-electron chi connectivity index (χ0n) is 33.9. The number of hydrogen-bond acceptors (Lipinski definition) is 6. The van der Waals surface area contributed by atoms with Crippen LogP contribution in [0.2, 0.25) is 0 Å². The molecule has 7 aliphatic carbocycles. The lowest BCUT2D eigenvalue weighted by atomic mass is 9.32. The van der Waals surface area contributed by atoms with Crippen LogP contribution in [0, 0.1) is 73.9 Å². The van der Waals surface area contributed by atoms with Gasteiger partial charge in [0.15, 0.2) is 15.3 Å². The normalized spacial score (nSPS) is 45.1. The highest BCUT2D eigenvalue weighted by Crippen LogP contribution is 2.78. The number of carbonyl (C=O) groups is 2. The molecule has 0 unspecified atom stereocenters. The van der Waals surface area contributed by atoms with Crippen LogP contribution in [0.1, 0.15) is 132 Å². The number of hydrogen-bond donors (Lipinski definition) is 3. The van der Waals surface area contributed by atoms with Crippen molar-refractivity contribution in [1.82, 2.24) is 10.2 Å². The molecule has 0 aromatic carbocycles. The highest BCUT2D eigenvalue weighted by Gasteiger charge is 2.72. The first-order chi connectivity index (χ1) is 24.7. The number of aliphatic carboxylic acids is 2.